The van der Waals surface area contributed by atoms with Gasteiger partial charge in [-0.2, -0.15) is 13.2 Å². The van der Waals surface area contributed by atoms with Crippen molar-refractivity contribution in [2.75, 3.05) is 0 Å². The molecule has 0 heterocycles. The van der Waals surface area contributed by atoms with Crippen LogP contribution in [0.15, 0.2) is 42.5 Å². The molecule has 0 amide bonds. The van der Waals surface area contributed by atoms with Crippen LogP contribution in [0.5, 0.6) is 0 Å². The van der Waals surface area contributed by atoms with Crippen LogP contribution in [-0.4, -0.2) is 4.92 Å². The van der Waals surface area contributed by atoms with Crippen molar-refractivity contribution in [3.8, 4) is 11.1 Å². The van der Waals surface area contributed by atoms with Crippen molar-refractivity contribution in [1.29, 1.82) is 0 Å². The number of nitro benzene ring substituents is 1. The molecule has 0 saturated carbocycles. The number of rotatable bonds is 2. The summed E-state index contributed by atoms with van der Waals surface area (Å²) in [5, 5.41) is 10.8. The van der Waals surface area contributed by atoms with Gasteiger partial charge in [-0.15, -0.1) is 0 Å². The molecule has 0 radical (unpaired) electrons. The number of hydrogen-bond acceptors (Lipinski definition) is 2. The molecule has 3 nitrogen and oxygen atoms in total. The zero-order valence-electron chi connectivity index (χ0n) is 9.82. The number of nitrogens with zero attached hydrogens (tertiary/aromatic N) is 1. The summed E-state index contributed by atoms with van der Waals surface area (Å²) in [4.78, 5) is 9.66. The van der Waals surface area contributed by atoms with Gasteiger partial charge in [-0.05, 0) is 29.3 Å². The molecule has 0 atom stereocenters. The van der Waals surface area contributed by atoms with Gasteiger partial charge in [-0.25, -0.2) is 4.39 Å². The van der Waals surface area contributed by atoms with Crippen LogP contribution in [0.1, 0.15) is 5.56 Å². The van der Waals surface area contributed by atoms with E-state index in [1.165, 1.54) is 12.1 Å². The average molecular weight is 285 g/mol. The van der Waals surface area contributed by atoms with Crippen LogP contribution in [0.3, 0.4) is 0 Å². The first kappa shape index (κ1) is 14.0. The second-order valence-corrected chi connectivity index (χ2v) is 3.99. The van der Waals surface area contributed by atoms with Crippen LogP contribution in [0, 0.1) is 15.9 Å². The summed E-state index contributed by atoms with van der Waals surface area (Å²) in [6, 6.07) is 7.51. The molecule has 2 aromatic rings. The fourth-order valence-electron chi connectivity index (χ4n) is 1.74. The van der Waals surface area contributed by atoms with E-state index in [4.69, 9.17) is 0 Å². The molecular weight excluding hydrogens is 278 g/mol. The van der Waals surface area contributed by atoms with Crippen molar-refractivity contribution in [1.82, 2.24) is 0 Å². The van der Waals surface area contributed by atoms with Gasteiger partial charge in [-0.1, -0.05) is 18.2 Å². The first-order chi connectivity index (χ1) is 9.29. The summed E-state index contributed by atoms with van der Waals surface area (Å²) >= 11 is 0. The molecule has 0 aliphatic carbocycles. The maximum atomic E-state index is 12.8. The smallest absolute Gasteiger partial charge is 0.258 e. The van der Waals surface area contributed by atoms with Crippen LogP contribution in [-0.2, 0) is 6.18 Å². The van der Waals surface area contributed by atoms with Gasteiger partial charge in [0.1, 0.15) is 11.4 Å². The summed E-state index contributed by atoms with van der Waals surface area (Å²) in [6.07, 6.45) is -4.80. The van der Waals surface area contributed by atoms with E-state index >= 15 is 0 Å². The maximum Gasteiger partial charge on any atom is 0.422 e. The molecule has 0 N–H and O–H groups in total. The fraction of sp³-hybridized carbons (Fsp3) is 0.0769. The second-order valence-electron chi connectivity index (χ2n) is 3.99. The standard InChI is InChI=1S/C13H7F4NO2/c14-10-4-1-8(2-5-10)9-3-6-11(13(15,16)17)12(7-9)18(19)20/h1-7H. The molecule has 0 unspecified atom stereocenters. The predicted molar refractivity (Wildman–Crippen MR) is 63.5 cm³/mol. The molecule has 0 aliphatic heterocycles. The van der Waals surface area contributed by atoms with Gasteiger partial charge < -0.3 is 0 Å². The highest BCUT2D eigenvalue weighted by Gasteiger charge is 2.38. The lowest BCUT2D eigenvalue weighted by atomic mass is 10.0. The third-order valence-corrected chi connectivity index (χ3v) is 2.68. The zero-order chi connectivity index (χ0) is 14.9. The Bertz CT molecular complexity index is 650. The van der Waals surface area contributed by atoms with Crippen molar-refractivity contribution in [3.05, 3.63) is 64.0 Å². The van der Waals surface area contributed by atoms with Crippen molar-refractivity contribution < 1.29 is 22.5 Å². The number of alkyl halides is 3. The molecule has 0 fully saturated rings. The minimum atomic E-state index is -4.80. The van der Waals surface area contributed by atoms with Crippen LogP contribution >= 0.6 is 0 Å². The Morgan fingerprint density at radius 2 is 1.50 bits per heavy atom. The summed E-state index contributed by atoms with van der Waals surface area (Å²) in [7, 11) is 0. The highest BCUT2D eigenvalue weighted by Crippen LogP contribution is 2.38. The van der Waals surface area contributed by atoms with Crippen molar-refractivity contribution in [2.24, 2.45) is 0 Å². The third kappa shape index (κ3) is 2.76. The molecule has 2 aromatic carbocycles. The van der Waals surface area contributed by atoms with Crippen LogP contribution < -0.4 is 0 Å². The highest BCUT2D eigenvalue weighted by molar-refractivity contribution is 5.67. The molecule has 0 bridgehead atoms. The molecule has 7 heteroatoms. The quantitative estimate of drug-likeness (QED) is 0.465. The first-order valence-corrected chi connectivity index (χ1v) is 5.40. The number of nitro groups is 1. The summed E-state index contributed by atoms with van der Waals surface area (Å²) in [6.45, 7) is 0. The minimum Gasteiger partial charge on any atom is -0.258 e. The molecule has 0 spiro atoms. The van der Waals surface area contributed by atoms with E-state index in [0.29, 0.717) is 11.6 Å². The molecule has 20 heavy (non-hydrogen) atoms. The lowest BCUT2D eigenvalue weighted by Crippen LogP contribution is -2.08. The lowest BCUT2D eigenvalue weighted by Gasteiger charge is -2.09. The van der Waals surface area contributed by atoms with Crippen LogP contribution in [0.2, 0.25) is 0 Å². The molecular formula is C13H7F4NO2. The van der Waals surface area contributed by atoms with Gasteiger partial charge in [0.05, 0.1) is 4.92 Å². The maximum absolute atomic E-state index is 12.8. The van der Waals surface area contributed by atoms with Crippen LogP contribution in [0.25, 0.3) is 11.1 Å². The molecule has 0 saturated heterocycles. The number of hydrogen-bond donors (Lipinski definition) is 0. The van der Waals surface area contributed by atoms with E-state index in [1.807, 2.05) is 0 Å². The lowest BCUT2D eigenvalue weighted by molar-refractivity contribution is -0.388. The van der Waals surface area contributed by atoms with E-state index in [0.717, 1.165) is 24.3 Å². The van der Waals surface area contributed by atoms with Crippen molar-refractivity contribution in [3.63, 3.8) is 0 Å². The first-order valence-electron chi connectivity index (χ1n) is 5.40. The number of benzene rings is 2. The average Bonchev–Trinajstić information content (AvgIpc) is 2.37. The monoisotopic (exact) mass is 285 g/mol. The SMILES string of the molecule is O=[N+]([O-])c1cc(-c2ccc(F)cc2)ccc1C(F)(F)F. The van der Waals surface area contributed by atoms with Crippen molar-refractivity contribution in [2.45, 2.75) is 6.18 Å². The van der Waals surface area contributed by atoms with Gasteiger partial charge in [0.25, 0.3) is 5.69 Å². The van der Waals surface area contributed by atoms with Crippen molar-refractivity contribution >= 4 is 5.69 Å². The zero-order valence-corrected chi connectivity index (χ0v) is 9.82. The highest BCUT2D eigenvalue weighted by atomic mass is 19.4. The van der Waals surface area contributed by atoms with E-state index in [2.05, 4.69) is 0 Å². The molecule has 104 valence electrons. The second kappa shape index (κ2) is 4.92. The largest absolute Gasteiger partial charge is 0.422 e. The topological polar surface area (TPSA) is 43.1 Å². The van der Waals surface area contributed by atoms with Gasteiger partial charge in [0.2, 0.25) is 0 Å². The van der Waals surface area contributed by atoms with E-state index in [1.54, 1.807) is 0 Å². The Morgan fingerprint density at radius 1 is 0.950 bits per heavy atom. The predicted octanol–water partition coefficient (Wildman–Crippen LogP) is 4.42. The van der Waals surface area contributed by atoms with Crippen LogP contribution in [0.4, 0.5) is 23.2 Å². The minimum absolute atomic E-state index is 0.213. The van der Waals surface area contributed by atoms with E-state index < -0.39 is 28.2 Å². The van der Waals surface area contributed by atoms with Gasteiger partial charge >= 0.3 is 6.18 Å². The number of halogens is 4. The normalized spacial score (nSPS) is 11.4. The Morgan fingerprint density at radius 3 is 2.00 bits per heavy atom. The Balaban J connectivity index is 2.56. The fourth-order valence-corrected chi connectivity index (χ4v) is 1.74. The third-order valence-electron chi connectivity index (χ3n) is 2.68. The van der Waals surface area contributed by atoms with E-state index in [-0.39, 0.29) is 5.56 Å². The Labute approximate surface area is 110 Å². The van der Waals surface area contributed by atoms with Gasteiger partial charge in [0, 0.05) is 6.07 Å². The molecule has 0 aromatic heterocycles. The van der Waals surface area contributed by atoms with Gasteiger partial charge in [-0.3, -0.25) is 10.1 Å². The summed E-state index contributed by atoms with van der Waals surface area (Å²) < 4.78 is 50.7. The molecule has 2 rings (SSSR count). The summed E-state index contributed by atoms with van der Waals surface area (Å²) in [5.41, 5.74) is -1.74. The Hall–Kier alpha value is -2.44. The molecule has 0 aliphatic rings. The Kier molecular flexibility index (Phi) is 3.44. The van der Waals surface area contributed by atoms with E-state index in [9.17, 15) is 27.7 Å². The summed E-state index contributed by atoms with van der Waals surface area (Å²) in [5.74, 6) is -0.504. The van der Waals surface area contributed by atoms with Gasteiger partial charge in [0.15, 0.2) is 0 Å².